The van der Waals surface area contributed by atoms with Crippen molar-refractivity contribution < 1.29 is 18.4 Å². The van der Waals surface area contributed by atoms with Crippen LogP contribution in [0.2, 0.25) is 0 Å². The minimum Gasteiger partial charge on any atom is -0.493 e. The van der Waals surface area contributed by atoms with Crippen LogP contribution in [0.15, 0.2) is 32.4 Å². The average Bonchev–Trinajstić information content (AvgIpc) is 3.29. The van der Waals surface area contributed by atoms with Crippen molar-refractivity contribution in [2.75, 3.05) is 20.5 Å². The van der Waals surface area contributed by atoms with Gasteiger partial charge >= 0.3 is 0 Å². The van der Waals surface area contributed by atoms with Gasteiger partial charge in [-0.2, -0.15) is 16.7 Å². The molecule has 0 amide bonds. The van der Waals surface area contributed by atoms with Gasteiger partial charge in [-0.1, -0.05) is 16.9 Å². The maximum Gasteiger partial charge on any atom is 0.277 e. The first-order chi connectivity index (χ1) is 12.2. The second-order valence-corrected chi connectivity index (χ2v) is 6.56. The second kappa shape index (κ2) is 8.26. The Balaban J connectivity index is 1.67. The number of hydrogen-bond donors (Lipinski definition) is 0. The zero-order valence-corrected chi connectivity index (χ0v) is 15.5. The van der Waals surface area contributed by atoms with Crippen LogP contribution in [-0.4, -0.2) is 40.8 Å². The van der Waals surface area contributed by atoms with Crippen LogP contribution in [0.1, 0.15) is 11.8 Å². The third-order valence-electron chi connectivity index (χ3n) is 3.15. The Kier molecular flexibility index (Phi) is 5.82. The standard InChI is InChI=1S/C15H16N4O4S2/c1-20-10-5-4-9(6-11(10)21-2)14-16-12(23-19-14)8-25-15-18-17-13(22-15)7-24-3/h4-6H,7-8H2,1-3H3. The van der Waals surface area contributed by atoms with Crippen molar-refractivity contribution >= 4 is 23.5 Å². The van der Waals surface area contributed by atoms with Crippen LogP contribution in [0.3, 0.4) is 0 Å². The highest BCUT2D eigenvalue weighted by Gasteiger charge is 2.14. The molecule has 0 N–H and O–H groups in total. The number of ether oxygens (including phenoxy) is 2. The molecule has 0 saturated carbocycles. The largest absolute Gasteiger partial charge is 0.493 e. The predicted molar refractivity (Wildman–Crippen MR) is 93.9 cm³/mol. The Labute approximate surface area is 152 Å². The summed E-state index contributed by atoms with van der Waals surface area (Å²) >= 11 is 2.98. The molecule has 3 rings (SSSR count). The molecule has 0 spiro atoms. The third-order valence-corrected chi connectivity index (χ3v) is 4.48. The molecule has 0 fully saturated rings. The van der Waals surface area contributed by atoms with Gasteiger partial charge in [0.2, 0.25) is 17.6 Å². The van der Waals surface area contributed by atoms with E-state index in [0.29, 0.717) is 45.8 Å². The van der Waals surface area contributed by atoms with Gasteiger partial charge in [-0.15, -0.1) is 10.2 Å². The molecule has 25 heavy (non-hydrogen) atoms. The van der Waals surface area contributed by atoms with E-state index in [1.165, 1.54) is 11.8 Å². The maximum absolute atomic E-state index is 5.49. The fourth-order valence-corrected chi connectivity index (χ4v) is 2.99. The predicted octanol–water partition coefficient (Wildman–Crippen LogP) is 3.29. The third kappa shape index (κ3) is 4.26. The van der Waals surface area contributed by atoms with E-state index < -0.39 is 0 Å². The van der Waals surface area contributed by atoms with Crippen LogP contribution in [0.4, 0.5) is 0 Å². The Hall–Kier alpha value is -2.20. The molecule has 0 atom stereocenters. The monoisotopic (exact) mass is 380 g/mol. The van der Waals surface area contributed by atoms with Crippen molar-refractivity contribution in [2.45, 2.75) is 16.7 Å². The first kappa shape index (κ1) is 17.6. The van der Waals surface area contributed by atoms with Crippen LogP contribution < -0.4 is 9.47 Å². The molecule has 0 bridgehead atoms. The molecule has 8 nitrogen and oxygen atoms in total. The number of hydrogen-bond acceptors (Lipinski definition) is 10. The molecule has 0 aliphatic carbocycles. The van der Waals surface area contributed by atoms with Gasteiger partial charge in [-0.05, 0) is 24.5 Å². The maximum atomic E-state index is 5.49. The van der Waals surface area contributed by atoms with Crippen molar-refractivity contribution in [3.8, 4) is 22.9 Å². The fraction of sp³-hybridized carbons (Fsp3) is 0.333. The lowest BCUT2D eigenvalue weighted by molar-refractivity contribution is 0.355. The molecule has 0 radical (unpaired) electrons. The summed E-state index contributed by atoms with van der Waals surface area (Å²) < 4.78 is 21.3. The first-order valence-electron chi connectivity index (χ1n) is 7.22. The summed E-state index contributed by atoms with van der Waals surface area (Å²) in [6.45, 7) is 0. The van der Waals surface area contributed by atoms with Gasteiger partial charge in [0.05, 0.1) is 25.7 Å². The van der Waals surface area contributed by atoms with E-state index in [9.17, 15) is 0 Å². The van der Waals surface area contributed by atoms with E-state index in [0.717, 1.165) is 5.56 Å². The molecule has 10 heteroatoms. The fourth-order valence-electron chi connectivity index (χ4n) is 2.01. The quantitative estimate of drug-likeness (QED) is 0.541. The molecule has 2 heterocycles. The lowest BCUT2D eigenvalue weighted by Gasteiger charge is -2.07. The van der Waals surface area contributed by atoms with Gasteiger partial charge in [0.15, 0.2) is 11.5 Å². The van der Waals surface area contributed by atoms with Gasteiger partial charge in [-0.3, -0.25) is 0 Å². The summed E-state index contributed by atoms with van der Waals surface area (Å²) in [7, 11) is 3.17. The van der Waals surface area contributed by atoms with Crippen LogP contribution in [0.5, 0.6) is 11.5 Å². The number of nitrogens with zero attached hydrogens (tertiary/aromatic N) is 4. The molecule has 2 aromatic heterocycles. The SMILES string of the molecule is COc1ccc(-c2noc(CSc3nnc(CSC)o3)n2)cc1OC. The van der Waals surface area contributed by atoms with Crippen molar-refractivity contribution in [3.05, 3.63) is 30.0 Å². The highest BCUT2D eigenvalue weighted by molar-refractivity contribution is 7.98. The average molecular weight is 380 g/mol. The Morgan fingerprint density at radius 3 is 2.64 bits per heavy atom. The Morgan fingerprint density at radius 1 is 1.04 bits per heavy atom. The molecule has 0 aliphatic rings. The number of thioether (sulfide) groups is 2. The van der Waals surface area contributed by atoms with E-state index >= 15 is 0 Å². The van der Waals surface area contributed by atoms with Gasteiger partial charge in [0, 0.05) is 5.56 Å². The highest BCUT2D eigenvalue weighted by atomic mass is 32.2. The van der Waals surface area contributed by atoms with E-state index in [1.54, 1.807) is 38.1 Å². The van der Waals surface area contributed by atoms with Crippen LogP contribution >= 0.6 is 23.5 Å². The van der Waals surface area contributed by atoms with E-state index in [1.807, 2.05) is 12.3 Å². The van der Waals surface area contributed by atoms with Crippen LogP contribution in [0, 0.1) is 0 Å². The minimum absolute atomic E-state index is 0.446. The summed E-state index contributed by atoms with van der Waals surface area (Å²) in [5, 5.41) is 12.4. The van der Waals surface area contributed by atoms with Gasteiger partial charge < -0.3 is 18.4 Å². The molecular formula is C15H16N4O4S2. The molecule has 132 valence electrons. The smallest absolute Gasteiger partial charge is 0.277 e. The zero-order chi connectivity index (χ0) is 17.6. The summed E-state index contributed by atoms with van der Waals surface area (Å²) in [5.41, 5.74) is 0.776. The number of rotatable bonds is 8. The van der Waals surface area contributed by atoms with Crippen molar-refractivity contribution in [2.24, 2.45) is 0 Å². The summed E-state index contributed by atoms with van der Waals surface area (Å²) in [6, 6.07) is 5.44. The summed E-state index contributed by atoms with van der Waals surface area (Å²) in [4.78, 5) is 4.38. The first-order valence-corrected chi connectivity index (χ1v) is 9.60. The van der Waals surface area contributed by atoms with Crippen molar-refractivity contribution in [1.29, 1.82) is 0 Å². The van der Waals surface area contributed by atoms with Crippen LogP contribution in [-0.2, 0) is 11.5 Å². The number of benzene rings is 1. The molecule has 0 saturated heterocycles. The van der Waals surface area contributed by atoms with Crippen molar-refractivity contribution in [1.82, 2.24) is 20.3 Å². The summed E-state index contributed by atoms with van der Waals surface area (Å²) in [6.07, 6.45) is 1.98. The van der Waals surface area contributed by atoms with Crippen LogP contribution in [0.25, 0.3) is 11.4 Å². The molecule has 1 aromatic carbocycles. The summed E-state index contributed by atoms with van der Waals surface area (Å²) in [5.74, 6) is 3.94. The number of aromatic nitrogens is 4. The molecule has 3 aromatic rings. The van der Waals surface area contributed by atoms with E-state index in [2.05, 4.69) is 20.3 Å². The minimum atomic E-state index is 0.446. The molecule has 0 unspecified atom stereocenters. The van der Waals surface area contributed by atoms with Crippen molar-refractivity contribution in [3.63, 3.8) is 0 Å². The molecular weight excluding hydrogens is 364 g/mol. The Bertz CT molecular complexity index is 837. The lowest BCUT2D eigenvalue weighted by Crippen LogP contribution is -1.91. The van der Waals surface area contributed by atoms with E-state index in [4.69, 9.17) is 18.4 Å². The normalized spacial score (nSPS) is 10.8. The Morgan fingerprint density at radius 2 is 1.88 bits per heavy atom. The molecule has 0 aliphatic heterocycles. The number of methoxy groups -OCH3 is 2. The topological polar surface area (TPSA) is 96.3 Å². The second-order valence-electron chi connectivity index (χ2n) is 4.76. The zero-order valence-electron chi connectivity index (χ0n) is 13.9. The lowest BCUT2D eigenvalue weighted by atomic mass is 10.2. The highest BCUT2D eigenvalue weighted by Crippen LogP contribution is 2.31. The van der Waals surface area contributed by atoms with Gasteiger partial charge in [0.25, 0.3) is 5.22 Å². The van der Waals surface area contributed by atoms with Gasteiger partial charge in [0.1, 0.15) is 0 Å². The van der Waals surface area contributed by atoms with Gasteiger partial charge in [-0.25, -0.2) is 0 Å². The van der Waals surface area contributed by atoms with E-state index in [-0.39, 0.29) is 0 Å².